The summed E-state index contributed by atoms with van der Waals surface area (Å²) in [7, 11) is 0. The fourth-order valence-electron chi connectivity index (χ4n) is 11.3. The molecule has 13 rings (SSSR count). The van der Waals surface area contributed by atoms with E-state index in [-0.39, 0.29) is 17.3 Å². The predicted molar refractivity (Wildman–Crippen MR) is 294 cm³/mol. The number of para-hydroxylation sites is 2. The molecule has 0 spiro atoms. The molecule has 2 heterocycles. The summed E-state index contributed by atoms with van der Waals surface area (Å²) in [5.74, 6) is 2.48. The largest absolute Gasteiger partial charge is 0.309 e. The van der Waals surface area contributed by atoms with E-state index in [2.05, 4.69) is 256 Å². The molecule has 0 fully saturated rings. The SMILES string of the molecule is CC1C=C(c2nc(-c3ccc(-c4ccccc4)cc3)nc(-c3ccc(-n4c5ccccc5c5cccc(-c6cccc(-c7ccc8c(c7)C(C)(C)c7ccccc7-8)c6)c54)cc3)n2)C=CC1c1ccccc1. The second kappa shape index (κ2) is 17.0. The highest BCUT2D eigenvalue weighted by Gasteiger charge is 2.35. The van der Waals surface area contributed by atoms with Gasteiger partial charge in [0.25, 0.3) is 0 Å². The van der Waals surface area contributed by atoms with Crippen molar-refractivity contribution in [2.75, 3.05) is 0 Å². The smallest absolute Gasteiger partial charge is 0.164 e. The van der Waals surface area contributed by atoms with Crippen molar-refractivity contribution in [2.45, 2.75) is 32.1 Å². The minimum atomic E-state index is -0.0688. The first-order chi connectivity index (χ1) is 34.9. The molecule has 0 bridgehead atoms. The quantitative estimate of drug-likeness (QED) is 0.153. The summed E-state index contributed by atoms with van der Waals surface area (Å²) >= 11 is 0. The van der Waals surface area contributed by atoms with Gasteiger partial charge in [-0.25, -0.2) is 15.0 Å². The van der Waals surface area contributed by atoms with Gasteiger partial charge in [0.05, 0.1) is 11.0 Å². The molecule has 9 aromatic carbocycles. The van der Waals surface area contributed by atoms with Crippen LogP contribution in [0.2, 0.25) is 0 Å². The highest BCUT2D eigenvalue weighted by molar-refractivity contribution is 6.14. The zero-order valence-electron chi connectivity index (χ0n) is 40.0. The van der Waals surface area contributed by atoms with Crippen LogP contribution in [0.15, 0.2) is 237 Å². The van der Waals surface area contributed by atoms with Crippen molar-refractivity contribution >= 4 is 27.4 Å². The van der Waals surface area contributed by atoms with E-state index in [1.807, 2.05) is 6.07 Å². The van der Waals surface area contributed by atoms with Gasteiger partial charge in [-0.05, 0) is 104 Å². The van der Waals surface area contributed by atoms with Crippen LogP contribution in [0.5, 0.6) is 0 Å². The highest BCUT2D eigenvalue weighted by atomic mass is 15.0. The summed E-state index contributed by atoms with van der Waals surface area (Å²) < 4.78 is 2.42. The minimum Gasteiger partial charge on any atom is -0.309 e. The molecule has 0 amide bonds. The maximum Gasteiger partial charge on any atom is 0.164 e. The van der Waals surface area contributed by atoms with Gasteiger partial charge in [0.15, 0.2) is 17.5 Å². The Kier molecular flexibility index (Phi) is 10.2. The van der Waals surface area contributed by atoms with Gasteiger partial charge in [-0.1, -0.05) is 215 Å². The monoisotopic (exact) mass is 910 g/mol. The van der Waals surface area contributed by atoms with Gasteiger partial charge < -0.3 is 4.57 Å². The van der Waals surface area contributed by atoms with Crippen molar-refractivity contribution in [2.24, 2.45) is 5.92 Å². The van der Waals surface area contributed by atoms with Crippen molar-refractivity contribution in [1.82, 2.24) is 19.5 Å². The standard InChI is InChI=1S/C67H50N4/c1-43-40-52(35-38-54(43)46-18-8-5-9-19-46)66-69-64(47-30-28-45(29-31-47)44-16-6-4-7-17-44)68-65(70-66)48-32-36-53(37-33-48)71-62-27-13-11-23-58(62)59-25-15-24-55(63(59)71)51-21-14-20-49(41-51)50-34-39-57-56-22-10-12-26-60(56)67(2,3)61(57)42-50/h4-43,54H,1-3H3. The van der Waals surface area contributed by atoms with Crippen molar-refractivity contribution in [3.63, 3.8) is 0 Å². The van der Waals surface area contributed by atoms with Gasteiger partial charge in [-0.15, -0.1) is 0 Å². The second-order valence-electron chi connectivity index (χ2n) is 19.6. The van der Waals surface area contributed by atoms with Crippen LogP contribution in [0.4, 0.5) is 0 Å². The lowest BCUT2D eigenvalue weighted by atomic mass is 9.81. The molecule has 11 aromatic rings. The van der Waals surface area contributed by atoms with E-state index in [9.17, 15) is 0 Å². The third-order valence-corrected chi connectivity index (χ3v) is 15.0. The Bertz CT molecular complexity index is 3900. The molecule has 0 radical (unpaired) electrons. The third kappa shape index (κ3) is 7.34. The Hall–Kier alpha value is -8.73. The number of benzene rings is 9. The molecule has 2 atom stereocenters. The molecule has 0 saturated carbocycles. The molecule has 71 heavy (non-hydrogen) atoms. The molecule has 2 aliphatic rings. The molecule has 4 nitrogen and oxygen atoms in total. The normalized spacial score (nSPS) is 15.7. The van der Waals surface area contributed by atoms with E-state index in [1.54, 1.807) is 0 Å². The average Bonchev–Trinajstić information content (AvgIpc) is 3.89. The van der Waals surface area contributed by atoms with E-state index < -0.39 is 0 Å². The topological polar surface area (TPSA) is 43.6 Å². The maximum atomic E-state index is 5.22. The lowest BCUT2D eigenvalue weighted by molar-refractivity contribution is 0.637. The fraction of sp³-hybridized carbons (Fsp3) is 0.0896. The van der Waals surface area contributed by atoms with Crippen LogP contribution in [-0.4, -0.2) is 19.5 Å². The van der Waals surface area contributed by atoms with Gasteiger partial charge in [0.2, 0.25) is 0 Å². The van der Waals surface area contributed by atoms with Crippen LogP contribution >= 0.6 is 0 Å². The van der Waals surface area contributed by atoms with Gasteiger partial charge in [0, 0.05) is 50.1 Å². The third-order valence-electron chi connectivity index (χ3n) is 15.0. The predicted octanol–water partition coefficient (Wildman–Crippen LogP) is 17.0. The van der Waals surface area contributed by atoms with Crippen LogP contribution in [0.3, 0.4) is 0 Å². The molecule has 0 aliphatic heterocycles. The van der Waals surface area contributed by atoms with Crippen LogP contribution in [-0.2, 0) is 5.41 Å². The number of nitrogens with zero attached hydrogens (tertiary/aromatic N) is 4. The van der Waals surface area contributed by atoms with Crippen LogP contribution < -0.4 is 0 Å². The number of hydrogen-bond donors (Lipinski definition) is 0. The van der Waals surface area contributed by atoms with Gasteiger partial charge in [0.1, 0.15) is 0 Å². The molecule has 2 unspecified atom stereocenters. The van der Waals surface area contributed by atoms with E-state index in [0.29, 0.717) is 17.5 Å². The Morgan fingerprint density at radius 3 is 1.75 bits per heavy atom. The molecule has 4 heteroatoms. The van der Waals surface area contributed by atoms with Crippen LogP contribution in [0.1, 0.15) is 49.2 Å². The molecule has 338 valence electrons. The van der Waals surface area contributed by atoms with Gasteiger partial charge >= 0.3 is 0 Å². The van der Waals surface area contributed by atoms with E-state index in [0.717, 1.165) is 33.5 Å². The van der Waals surface area contributed by atoms with Crippen molar-refractivity contribution in [3.8, 4) is 73.0 Å². The number of allylic oxidation sites excluding steroid dienone is 4. The van der Waals surface area contributed by atoms with Gasteiger partial charge in [-0.3, -0.25) is 0 Å². The summed E-state index contributed by atoms with van der Waals surface area (Å²) in [5.41, 5.74) is 20.0. The Morgan fingerprint density at radius 2 is 0.972 bits per heavy atom. The molecular weight excluding hydrogens is 861 g/mol. The number of fused-ring (bicyclic) bond motifs is 6. The lowest BCUT2D eigenvalue weighted by Crippen LogP contribution is -2.14. The summed E-state index contributed by atoms with van der Waals surface area (Å²) in [5, 5.41) is 2.43. The molecule has 2 aliphatic carbocycles. The fourth-order valence-corrected chi connectivity index (χ4v) is 11.3. The summed E-state index contributed by atoms with van der Waals surface area (Å²) in [6, 6.07) is 78.9. The summed E-state index contributed by atoms with van der Waals surface area (Å²) in [6.45, 7) is 6.97. The van der Waals surface area contributed by atoms with Crippen molar-refractivity contribution in [3.05, 3.63) is 259 Å². The first-order valence-electron chi connectivity index (χ1n) is 24.7. The minimum absolute atomic E-state index is 0.0688. The first-order valence-corrected chi connectivity index (χ1v) is 24.7. The highest BCUT2D eigenvalue weighted by Crippen LogP contribution is 2.50. The first kappa shape index (κ1) is 42.4. The Balaban J connectivity index is 0.894. The van der Waals surface area contributed by atoms with E-state index in [1.165, 1.54) is 71.9 Å². The molecule has 0 saturated heterocycles. The number of hydrogen-bond acceptors (Lipinski definition) is 3. The van der Waals surface area contributed by atoms with Crippen LogP contribution in [0.25, 0.3) is 100 Å². The Morgan fingerprint density at radius 1 is 0.423 bits per heavy atom. The zero-order chi connectivity index (χ0) is 47.6. The van der Waals surface area contributed by atoms with Gasteiger partial charge in [-0.2, -0.15) is 0 Å². The number of aromatic nitrogens is 4. The van der Waals surface area contributed by atoms with Crippen molar-refractivity contribution < 1.29 is 0 Å². The van der Waals surface area contributed by atoms with Crippen molar-refractivity contribution in [1.29, 1.82) is 0 Å². The molecular formula is C67H50N4. The molecule has 2 aromatic heterocycles. The Labute approximate surface area is 415 Å². The average molecular weight is 911 g/mol. The maximum absolute atomic E-state index is 5.22. The summed E-state index contributed by atoms with van der Waals surface area (Å²) in [6.07, 6.45) is 6.79. The van der Waals surface area contributed by atoms with Crippen LogP contribution in [0, 0.1) is 5.92 Å². The zero-order valence-corrected chi connectivity index (χ0v) is 40.0. The van der Waals surface area contributed by atoms with E-state index in [4.69, 9.17) is 15.0 Å². The molecule has 0 N–H and O–H groups in total. The number of rotatable bonds is 8. The lowest BCUT2D eigenvalue weighted by Gasteiger charge is -2.23. The second-order valence-corrected chi connectivity index (χ2v) is 19.6. The van der Waals surface area contributed by atoms with E-state index >= 15 is 0 Å². The summed E-state index contributed by atoms with van der Waals surface area (Å²) in [4.78, 5) is 15.6.